The van der Waals surface area contributed by atoms with E-state index in [4.69, 9.17) is 11.2 Å². The fraction of sp³-hybridized carbons (Fsp3) is 0.318. The summed E-state index contributed by atoms with van der Waals surface area (Å²) >= 11 is 0. The van der Waals surface area contributed by atoms with Gasteiger partial charge in [0.15, 0.2) is 0 Å². The first-order valence-corrected chi connectivity index (χ1v) is 8.49. The second-order valence-corrected chi connectivity index (χ2v) is 7.44. The SMILES string of the molecule is C#CC(NC(=O)OCC1c2ccccc2-c2ccccc21)C(C)(C)C. The Kier molecular flexibility index (Phi) is 4.55. The molecule has 0 heterocycles. The highest BCUT2D eigenvalue weighted by Crippen LogP contribution is 2.44. The molecule has 1 atom stereocenters. The van der Waals surface area contributed by atoms with Gasteiger partial charge in [0.1, 0.15) is 6.61 Å². The van der Waals surface area contributed by atoms with Crippen molar-refractivity contribution < 1.29 is 9.53 Å². The largest absolute Gasteiger partial charge is 0.449 e. The molecule has 0 aliphatic heterocycles. The summed E-state index contributed by atoms with van der Waals surface area (Å²) in [5.74, 6) is 2.67. The van der Waals surface area contributed by atoms with Crippen molar-refractivity contribution in [2.24, 2.45) is 5.41 Å². The van der Waals surface area contributed by atoms with Gasteiger partial charge in [-0.1, -0.05) is 75.2 Å². The van der Waals surface area contributed by atoms with Gasteiger partial charge in [-0.05, 0) is 27.7 Å². The summed E-state index contributed by atoms with van der Waals surface area (Å²) in [6.45, 7) is 6.26. The van der Waals surface area contributed by atoms with Crippen molar-refractivity contribution in [2.75, 3.05) is 6.61 Å². The van der Waals surface area contributed by atoms with Crippen LogP contribution in [0.5, 0.6) is 0 Å². The normalized spacial score (nSPS) is 14.2. The van der Waals surface area contributed by atoms with Crippen LogP contribution in [0.4, 0.5) is 4.79 Å². The lowest BCUT2D eigenvalue weighted by molar-refractivity contribution is 0.135. The molecule has 1 N–H and O–H groups in total. The zero-order valence-corrected chi connectivity index (χ0v) is 14.9. The van der Waals surface area contributed by atoms with E-state index in [2.05, 4.69) is 35.5 Å². The third-order valence-corrected chi connectivity index (χ3v) is 4.64. The number of hydrogen-bond donors (Lipinski definition) is 1. The first kappa shape index (κ1) is 17.1. The van der Waals surface area contributed by atoms with Crippen molar-refractivity contribution in [1.82, 2.24) is 5.32 Å². The van der Waals surface area contributed by atoms with Crippen molar-refractivity contribution in [3.8, 4) is 23.5 Å². The predicted molar refractivity (Wildman–Crippen MR) is 100 cm³/mol. The molecule has 25 heavy (non-hydrogen) atoms. The highest BCUT2D eigenvalue weighted by atomic mass is 16.5. The number of benzene rings is 2. The molecule has 0 aromatic heterocycles. The fourth-order valence-electron chi connectivity index (χ4n) is 3.27. The number of carbonyl (C=O) groups excluding carboxylic acids is 1. The van der Waals surface area contributed by atoms with E-state index in [1.54, 1.807) is 0 Å². The van der Waals surface area contributed by atoms with E-state index in [1.807, 2.05) is 45.0 Å². The molecule has 0 bridgehead atoms. The molecule has 3 heteroatoms. The van der Waals surface area contributed by atoms with Crippen molar-refractivity contribution in [1.29, 1.82) is 0 Å². The van der Waals surface area contributed by atoms with Crippen LogP contribution in [0.1, 0.15) is 37.8 Å². The van der Waals surface area contributed by atoms with Crippen LogP contribution in [0.2, 0.25) is 0 Å². The summed E-state index contributed by atoms with van der Waals surface area (Å²) < 4.78 is 5.52. The van der Waals surface area contributed by atoms with Crippen LogP contribution >= 0.6 is 0 Å². The second-order valence-electron chi connectivity index (χ2n) is 7.44. The number of nitrogens with one attached hydrogen (secondary N) is 1. The van der Waals surface area contributed by atoms with Crippen LogP contribution in [-0.2, 0) is 4.74 Å². The average molecular weight is 333 g/mol. The Morgan fingerprint density at radius 1 is 1.12 bits per heavy atom. The number of alkyl carbamates (subject to hydrolysis) is 1. The zero-order chi connectivity index (χ0) is 18.0. The number of ether oxygens (including phenoxy) is 1. The Labute approximate surface area is 149 Å². The smallest absolute Gasteiger partial charge is 0.408 e. The molecule has 0 fully saturated rings. The molecule has 1 aliphatic carbocycles. The quantitative estimate of drug-likeness (QED) is 0.835. The molecular formula is C22H23NO2. The van der Waals surface area contributed by atoms with Crippen molar-refractivity contribution >= 4 is 6.09 Å². The fourth-order valence-corrected chi connectivity index (χ4v) is 3.27. The molecule has 1 aliphatic rings. The maximum Gasteiger partial charge on any atom is 0.408 e. The molecule has 128 valence electrons. The number of terminal acetylenes is 1. The van der Waals surface area contributed by atoms with Gasteiger partial charge in [0.25, 0.3) is 0 Å². The Hall–Kier alpha value is -2.73. The molecular weight excluding hydrogens is 310 g/mol. The van der Waals surface area contributed by atoms with Gasteiger partial charge in [0.05, 0.1) is 6.04 Å². The number of fused-ring (bicyclic) bond motifs is 3. The van der Waals surface area contributed by atoms with E-state index in [9.17, 15) is 4.79 Å². The Balaban J connectivity index is 1.74. The van der Waals surface area contributed by atoms with Gasteiger partial charge in [-0.3, -0.25) is 0 Å². The maximum atomic E-state index is 12.2. The number of amides is 1. The van der Waals surface area contributed by atoms with E-state index in [0.717, 1.165) is 0 Å². The molecule has 2 aromatic carbocycles. The molecule has 0 radical (unpaired) electrons. The highest BCUT2D eigenvalue weighted by molar-refractivity contribution is 5.79. The lowest BCUT2D eigenvalue weighted by Crippen LogP contribution is -2.43. The van der Waals surface area contributed by atoms with E-state index < -0.39 is 6.09 Å². The predicted octanol–water partition coefficient (Wildman–Crippen LogP) is 4.57. The number of hydrogen-bond acceptors (Lipinski definition) is 2. The molecule has 3 rings (SSSR count). The summed E-state index contributed by atoms with van der Waals surface area (Å²) in [4.78, 5) is 12.2. The lowest BCUT2D eigenvalue weighted by Gasteiger charge is -2.27. The molecule has 0 saturated heterocycles. The van der Waals surface area contributed by atoms with Gasteiger partial charge in [0.2, 0.25) is 0 Å². The summed E-state index contributed by atoms with van der Waals surface area (Å²) in [6.07, 6.45) is 5.06. The number of rotatable bonds is 3. The standard InChI is InChI=1S/C22H23NO2/c1-5-20(22(2,3)4)23-21(24)25-14-19-17-12-8-6-10-15(17)16-11-7-9-13-18(16)19/h1,6-13,19-20H,14H2,2-4H3,(H,23,24). The third-order valence-electron chi connectivity index (χ3n) is 4.64. The molecule has 0 spiro atoms. The molecule has 1 amide bonds. The molecule has 3 nitrogen and oxygen atoms in total. The van der Waals surface area contributed by atoms with Gasteiger partial charge >= 0.3 is 6.09 Å². The van der Waals surface area contributed by atoms with Crippen molar-refractivity contribution in [2.45, 2.75) is 32.7 Å². The minimum Gasteiger partial charge on any atom is -0.449 e. The summed E-state index contributed by atoms with van der Waals surface area (Å²) in [5.41, 5.74) is 4.59. The average Bonchev–Trinajstić information content (AvgIpc) is 2.91. The van der Waals surface area contributed by atoms with Gasteiger partial charge in [-0.25, -0.2) is 4.79 Å². The third kappa shape index (κ3) is 3.39. The van der Waals surface area contributed by atoms with Crippen molar-refractivity contribution in [3.63, 3.8) is 0 Å². The first-order chi connectivity index (χ1) is 11.9. The molecule has 0 saturated carbocycles. The molecule has 2 aromatic rings. The van der Waals surface area contributed by atoms with Crippen LogP contribution in [0.15, 0.2) is 48.5 Å². The summed E-state index contributed by atoms with van der Waals surface area (Å²) in [7, 11) is 0. The molecule has 1 unspecified atom stereocenters. The van der Waals surface area contributed by atoms with Crippen LogP contribution in [-0.4, -0.2) is 18.7 Å². The van der Waals surface area contributed by atoms with Gasteiger partial charge in [-0.15, -0.1) is 6.42 Å². The van der Waals surface area contributed by atoms with Crippen LogP contribution in [0.3, 0.4) is 0 Å². The van der Waals surface area contributed by atoms with Crippen LogP contribution < -0.4 is 5.32 Å². The zero-order valence-electron chi connectivity index (χ0n) is 14.9. The Bertz CT molecular complexity index is 781. The topological polar surface area (TPSA) is 38.3 Å². The van der Waals surface area contributed by atoms with Gasteiger partial charge in [-0.2, -0.15) is 0 Å². The van der Waals surface area contributed by atoms with E-state index in [-0.39, 0.29) is 17.4 Å². The summed E-state index contributed by atoms with van der Waals surface area (Å²) in [6, 6.07) is 16.2. The highest BCUT2D eigenvalue weighted by Gasteiger charge is 2.30. The minimum absolute atomic E-state index is 0.0528. The summed E-state index contributed by atoms with van der Waals surface area (Å²) in [5, 5.41) is 2.78. The van der Waals surface area contributed by atoms with Crippen molar-refractivity contribution in [3.05, 3.63) is 59.7 Å². The number of carbonyl (C=O) groups is 1. The van der Waals surface area contributed by atoms with Gasteiger partial charge < -0.3 is 10.1 Å². The second kappa shape index (κ2) is 6.64. The van der Waals surface area contributed by atoms with Crippen LogP contribution in [0, 0.1) is 17.8 Å². The van der Waals surface area contributed by atoms with Crippen LogP contribution in [0.25, 0.3) is 11.1 Å². The Morgan fingerprint density at radius 3 is 2.12 bits per heavy atom. The van der Waals surface area contributed by atoms with E-state index in [1.165, 1.54) is 22.3 Å². The lowest BCUT2D eigenvalue weighted by atomic mass is 9.87. The van der Waals surface area contributed by atoms with E-state index in [0.29, 0.717) is 6.61 Å². The minimum atomic E-state index is -0.472. The Morgan fingerprint density at radius 2 is 1.64 bits per heavy atom. The monoisotopic (exact) mass is 333 g/mol. The van der Waals surface area contributed by atoms with E-state index >= 15 is 0 Å². The van der Waals surface area contributed by atoms with Gasteiger partial charge in [0, 0.05) is 5.92 Å². The first-order valence-electron chi connectivity index (χ1n) is 8.49. The maximum absolute atomic E-state index is 12.2.